The minimum Gasteiger partial charge on any atom is -0.456 e. The van der Waals surface area contributed by atoms with E-state index in [4.69, 9.17) is 16.3 Å². The molecule has 0 spiro atoms. The van der Waals surface area contributed by atoms with Gasteiger partial charge in [-0.05, 0) is 43.2 Å². The van der Waals surface area contributed by atoms with E-state index in [9.17, 15) is 13.2 Å². The predicted octanol–water partition coefficient (Wildman–Crippen LogP) is 4.91. The number of pyridine rings is 1. The Kier molecular flexibility index (Phi) is 5.87. The second-order valence-corrected chi connectivity index (χ2v) is 9.55. The Bertz CT molecular complexity index is 1230. The first-order chi connectivity index (χ1) is 13.6. The molecule has 3 aromatic rings. The van der Waals surface area contributed by atoms with Gasteiger partial charge in [0.05, 0.1) is 15.7 Å². The van der Waals surface area contributed by atoms with Crippen LogP contribution < -0.4 is 10.3 Å². The van der Waals surface area contributed by atoms with Crippen molar-refractivity contribution < 1.29 is 13.2 Å². The molecule has 0 aliphatic carbocycles. The molecule has 7 heteroatoms. The van der Waals surface area contributed by atoms with Gasteiger partial charge in [-0.25, -0.2) is 8.42 Å². The van der Waals surface area contributed by atoms with Crippen molar-refractivity contribution in [2.75, 3.05) is 5.75 Å². The topological polar surface area (TPSA) is 65.4 Å². The van der Waals surface area contributed by atoms with Gasteiger partial charge in [-0.2, -0.15) is 0 Å². The molecule has 0 amide bonds. The van der Waals surface area contributed by atoms with Crippen LogP contribution in [0.3, 0.4) is 0 Å². The van der Waals surface area contributed by atoms with Crippen molar-refractivity contribution in [1.29, 1.82) is 0 Å². The van der Waals surface area contributed by atoms with Crippen molar-refractivity contribution in [2.24, 2.45) is 7.05 Å². The standard InChI is InChI=1S/C22H22ClNO4S/c1-5-29(26,27)16-9-10-20(28-22-14(2)7-6-8-15(22)3)17(11-16)18-13-24(4)21(25)12-19(18)23/h6-13H,5H2,1-4H3. The van der Waals surface area contributed by atoms with Crippen LogP contribution in [0.25, 0.3) is 11.1 Å². The van der Waals surface area contributed by atoms with Crippen molar-refractivity contribution in [3.8, 4) is 22.6 Å². The summed E-state index contributed by atoms with van der Waals surface area (Å²) in [5, 5.41) is 0.227. The Balaban J connectivity index is 2.27. The van der Waals surface area contributed by atoms with E-state index in [2.05, 4.69) is 0 Å². The molecule has 0 radical (unpaired) electrons. The Morgan fingerprint density at radius 3 is 2.31 bits per heavy atom. The number of aromatic nitrogens is 1. The van der Waals surface area contributed by atoms with E-state index in [1.165, 1.54) is 16.7 Å². The van der Waals surface area contributed by atoms with Gasteiger partial charge in [0.15, 0.2) is 9.84 Å². The number of benzene rings is 2. The third kappa shape index (κ3) is 4.23. The van der Waals surface area contributed by atoms with Gasteiger partial charge >= 0.3 is 0 Å². The van der Waals surface area contributed by atoms with Crippen LogP contribution in [-0.2, 0) is 16.9 Å². The van der Waals surface area contributed by atoms with E-state index >= 15 is 0 Å². The molecule has 0 aliphatic rings. The minimum atomic E-state index is -3.43. The molecule has 0 N–H and O–H groups in total. The molecule has 0 aliphatic heterocycles. The lowest BCUT2D eigenvalue weighted by atomic mass is 10.1. The molecule has 0 unspecified atom stereocenters. The van der Waals surface area contributed by atoms with Gasteiger partial charge in [-0.15, -0.1) is 0 Å². The van der Waals surface area contributed by atoms with Crippen molar-refractivity contribution >= 4 is 21.4 Å². The molecule has 0 fully saturated rings. The van der Waals surface area contributed by atoms with Crippen molar-refractivity contribution in [3.05, 3.63) is 75.2 Å². The van der Waals surface area contributed by atoms with Crippen LogP contribution >= 0.6 is 11.6 Å². The summed E-state index contributed by atoms with van der Waals surface area (Å²) in [4.78, 5) is 12.1. The van der Waals surface area contributed by atoms with Gasteiger partial charge < -0.3 is 9.30 Å². The average Bonchev–Trinajstić information content (AvgIpc) is 2.68. The first kappa shape index (κ1) is 21.1. The number of sulfone groups is 1. The number of hydrogen-bond acceptors (Lipinski definition) is 4. The lowest BCUT2D eigenvalue weighted by Gasteiger charge is -2.17. The van der Waals surface area contributed by atoms with E-state index in [1.807, 2.05) is 32.0 Å². The Morgan fingerprint density at radius 1 is 1.03 bits per heavy atom. The normalized spacial score (nSPS) is 11.5. The molecule has 0 atom stereocenters. The quantitative estimate of drug-likeness (QED) is 0.575. The maximum absolute atomic E-state index is 12.4. The SMILES string of the molecule is CCS(=O)(=O)c1ccc(Oc2c(C)cccc2C)c(-c2cn(C)c(=O)cc2Cl)c1. The molecule has 2 aromatic carbocycles. The average molecular weight is 432 g/mol. The molecular formula is C22H22ClNO4S. The van der Waals surface area contributed by atoms with Gasteiger partial charge in [-0.3, -0.25) is 4.79 Å². The van der Waals surface area contributed by atoms with Crippen LogP contribution in [0.4, 0.5) is 0 Å². The van der Waals surface area contributed by atoms with Crippen molar-refractivity contribution in [1.82, 2.24) is 4.57 Å². The third-order valence-electron chi connectivity index (χ3n) is 4.78. The second kappa shape index (κ2) is 8.05. The number of aryl methyl sites for hydroxylation is 3. The summed E-state index contributed by atoms with van der Waals surface area (Å²) in [5.74, 6) is 1.13. The molecule has 0 saturated heterocycles. The molecule has 3 rings (SSSR count). The maximum atomic E-state index is 12.4. The highest BCUT2D eigenvalue weighted by molar-refractivity contribution is 7.91. The highest BCUT2D eigenvalue weighted by Crippen LogP contribution is 2.39. The molecule has 0 bridgehead atoms. The fraction of sp³-hybridized carbons (Fsp3) is 0.227. The van der Waals surface area contributed by atoms with Gasteiger partial charge in [0.1, 0.15) is 11.5 Å². The summed E-state index contributed by atoms with van der Waals surface area (Å²) in [5.41, 5.74) is 2.67. The zero-order valence-corrected chi connectivity index (χ0v) is 18.3. The Labute approximate surface area is 175 Å². The van der Waals surface area contributed by atoms with Crippen LogP contribution in [0.5, 0.6) is 11.5 Å². The van der Waals surface area contributed by atoms with Gasteiger partial charge in [0.25, 0.3) is 5.56 Å². The monoisotopic (exact) mass is 431 g/mol. The van der Waals surface area contributed by atoms with Gasteiger partial charge in [0.2, 0.25) is 0 Å². The highest BCUT2D eigenvalue weighted by Gasteiger charge is 2.19. The number of halogens is 1. The van der Waals surface area contributed by atoms with Gasteiger partial charge in [-0.1, -0.05) is 36.7 Å². The molecule has 152 valence electrons. The number of rotatable bonds is 5. The predicted molar refractivity (Wildman–Crippen MR) is 116 cm³/mol. The van der Waals surface area contributed by atoms with Gasteiger partial charge in [0, 0.05) is 30.4 Å². The highest BCUT2D eigenvalue weighted by atomic mass is 35.5. The number of ether oxygens (including phenoxy) is 1. The first-order valence-electron chi connectivity index (χ1n) is 9.11. The Hall–Kier alpha value is -2.57. The minimum absolute atomic E-state index is 0.0233. The summed E-state index contributed by atoms with van der Waals surface area (Å²) >= 11 is 6.36. The van der Waals surface area contributed by atoms with Crippen molar-refractivity contribution in [2.45, 2.75) is 25.7 Å². The lowest BCUT2D eigenvalue weighted by molar-refractivity contribution is 0.476. The maximum Gasteiger partial charge on any atom is 0.251 e. The number of nitrogens with zero attached hydrogens (tertiary/aromatic N) is 1. The molecule has 1 aromatic heterocycles. The lowest BCUT2D eigenvalue weighted by Crippen LogP contribution is -2.15. The first-order valence-corrected chi connectivity index (χ1v) is 11.1. The summed E-state index contributed by atoms with van der Waals surface area (Å²) in [6.07, 6.45) is 1.58. The zero-order chi connectivity index (χ0) is 21.3. The summed E-state index contributed by atoms with van der Waals surface area (Å²) in [6.45, 7) is 5.48. The third-order valence-corrected chi connectivity index (χ3v) is 6.82. The molecule has 0 saturated carbocycles. The van der Waals surface area contributed by atoms with E-state index in [0.717, 1.165) is 11.1 Å². The van der Waals surface area contributed by atoms with E-state index in [-0.39, 0.29) is 21.2 Å². The summed E-state index contributed by atoms with van der Waals surface area (Å²) in [6, 6.07) is 11.8. The van der Waals surface area contributed by atoms with Crippen LogP contribution in [0.1, 0.15) is 18.1 Å². The molecule has 5 nitrogen and oxygen atoms in total. The molecule has 29 heavy (non-hydrogen) atoms. The largest absolute Gasteiger partial charge is 0.456 e. The molecule has 1 heterocycles. The van der Waals surface area contributed by atoms with E-state index in [1.54, 1.807) is 32.3 Å². The van der Waals surface area contributed by atoms with E-state index in [0.29, 0.717) is 22.6 Å². The number of hydrogen-bond donors (Lipinski definition) is 0. The summed E-state index contributed by atoms with van der Waals surface area (Å²) < 4.78 is 32.5. The second-order valence-electron chi connectivity index (χ2n) is 6.87. The van der Waals surface area contributed by atoms with Crippen LogP contribution in [0, 0.1) is 13.8 Å². The fourth-order valence-corrected chi connectivity index (χ4v) is 4.19. The van der Waals surface area contributed by atoms with Crippen LogP contribution in [-0.4, -0.2) is 18.7 Å². The smallest absolute Gasteiger partial charge is 0.251 e. The van der Waals surface area contributed by atoms with E-state index < -0.39 is 9.84 Å². The van der Waals surface area contributed by atoms with Crippen LogP contribution in [0.15, 0.2) is 58.4 Å². The fourth-order valence-electron chi connectivity index (χ4n) is 3.04. The Morgan fingerprint density at radius 2 is 1.69 bits per heavy atom. The number of para-hydroxylation sites is 1. The zero-order valence-electron chi connectivity index (χ0n) is 16.7. The molecular weight excluding hydrogens is 410 g/mol. The van der Waals surface area contributed by atoms with Crippen molar-refractivity contribution in [3.63, 3.8) is 0 Å². The van der Waals surface area contributed by atoms with Crippen LogP contribution in [0.2, 0.25) is 5.02 Å². The summed E-state index contributed by atoms with van der Waals surface area (Å²) in [7, 11) is -1.82.